The normalized spacial score (nSPS) is 11.7. The van der Waals surface area contributed by atoms with Crippen LogP contribution in [0, 0.1) is 18.3 Å². The molecule has 0 N–H and O–H groups in total. The van der Waals surface area contributed by atoms with Gasteiger partial charge >= 0.3 is 6.18 Å². The lowest BCUT2D eigenvalue weighted by Gasteiger charge is -2.08. The fourth-order valence-corrected chi connectivity index (χ4v) is 3.21. The Morgan fingerprint density at radius 2 is 1.97 bits per heavy atom. The number of benzene rings is 1. The number of hydrogen-bond donors (Lipinski definition) is 0. The standard InChI is InChI=1S/C21H16F3N5O/c1-12-27-16-9-13(3-6-17(16)29(12)2)20-15(5-4-14(10-25)28-20)18-11-26-19(30-18)7-8-21(22,23)24/h3-6,9,11H,7-8H2,1-2H3. The Morgan fingerprint density at radius 3 is 2.70 bits per heavy atom. The molecule has 0 saturated carbocycles. The van der Waals surface area contributed by atoms with Gasteiger partial charge < -0.3 is 8.98 Å². The molecule has 6 nitrogen and oxygen atoms in total. The van der Waals surface area contributed by atoms with Crippen molar-refractivity contribution in [1.29, 1.82) is 5.26 Å². The molecule has 0 bridgehead atoms. The Morgan fingerprint density at radius 1 is 1.17 bits per heavy atom. The Hall–Kier alpha value is -3.67. The number of oxazole rings is 1. The summed E-state index contributed by atoms with van der Waals surface area (Å²) < 4.78 is 45.0. The average Bonchev–Trinajstić information content (AvgIpc) is 3.30. The van der Waals surface area contributed by atoms with E-state index in [2.05, 4.69) is 15.0 Å². The maximum Gasteiger partial charge on any atom is 0.389 e. The number of nitriles is 1. The molecule has 1 aromatic carbocycles. The van der Waals surface area contributed by atoms with E-state index in [0.29, 0.717) is 16.8 Å². The first-order valence-corrected chi connectivity index (χ1v) is 9.11. The highest BCUT2D eigenvalue weighted by Gasteiger charge is 2.27. The van der Waals surface area contributed by atoms with E-state index in [0.717, 1.165) is 16.9 Å². The zero-order valence-corrected chi connectivity index (χ0v) is 16.2. The molecule has 3 heterocycles. The Labute approximate surface area is 169 Å². The van der Waals surface area contributed by atoms with Gasteiger partial charge in [-0.25, -0.2) is 15.0 Å². The smallest absolute Gasteiger partial charge is 0.389 e. The number of imidazole rings is 1. The van der Waals surface area contributed by atoms with Crippen LogP contribution in [0.1, 0.15) is 23.8 Å². The van der Waals surface area contributed by atoms with Crippen LogP contribution in [-0.4, -0.2) is 25.7 Å². The van der Waals surface area contributed by atoms with E-state index in [9.17, 15) is 18.4 Å². The van der Waals surface area contributed by atoms with Gasteiger partial charge in [-0.05, 0) is 31.2 Å². The molecular weight excluding hydrogens is 395 g/mol. The number of aryl methyl sites for hydroxylation is 3. The highest BCUT2D eigenvalue weighted by molar-refractivity contribution is 5.86. The molecule has 0 aliphatic heterocycles. The van der Waals surface area contributed by atoms with Crippen LogP contribution in [0.5, 0.6) is 0 Å². The van der Waals surface area contributed by atoms with Crippen LogP contribution in [0.3, 0.4) is 0 Å². The van der Waals surface area contributed by atoms with Crippen LogP contribution in [0.2, 0.25) is 0 Å². The highest BCUT2D eigenvalue weighted by Crippen LogP contribution is 2.33. The number of nitrogens with zero attached hydrogens (tertiary/aromatic N) is 5. The van der Waals surface area contributed by atoms with E-state index in [-0.39, 0.29) is 23.8 Å². The van der Waals surface area contributed by atoms with E-state index in [1.165, 1.54) is 12.3 Å². The molecule has 0 atom stereocenters. The molecule has 30 heavy (non-hydrogen) atoms. The molecule has 4 rings (SSSR count). The number of hydrogen-bond acceptors (Lipinski definition) is 5. The molecular formula is C21H16F3N5O. The summed E-state index contributed by atoms with van der Waals surface area (Å²) in [5.74, 6) is 1.13. The topological polar surface area (TPSA) is 80.5 Å². The Balaban J connectivity index is 1.78. The lowest BCUT2D eigenvalue weighted by atomic mass is 10.0. The van der Waals surface area contributed by atoms with Crippen molar-refractivity contribution in [3.05, 3.63) is 53.9 Å². The van der Waals surface area contributed by atoms with Crippen LogP contribution in [0.25, 0.3) is 33.6 Å². The first kappa shape index (κ1) is 19.6. The zero-order valence-electron chi connectivity index (χ0n) is 16.2. The fraction of sp³-hybridized carbons (Fsp3) is 0.238. The quantitative estimate of drug-likeness (QED) is 0.474. The number of fused-ring (bicyclic) bond motifs is 1. The molecule has 0 amide bonds. The van der Waals surface area contributed by atoms with Crippen molar-refractivity contribution >= 4 is 11.0 Å². The fourth-order valence-electron chi connectivity index (χ4n) is 3.21. The monoisotopic (exact) mass is 411 g/mol. The molecule has 9 heteroatoms. The van der Waals surface area contributed by atoms with Crippen molar-refractivity contribution in [2.75, 3.05) is 0 Å². The summed E-state index contributed by atoms with van der Waals surface area (Å²) in [5.41, 5.74) is 3.64. The van der Waals surface area contributed by atoms with E-state index < -0.39 is 12.6 Å². The SMILES string of the molecule is Cc1nc2cc(-c3nc(C#N)ccc3-c3cnc(CCC(F)(F)F)o3)ccc2n1C. The summed E-state index contributed by atoms with van der Waals surface area (Å²) in [4.78, 5) is 12.9. The average molecular weight is 411 g/mol. The molecule has 0 fully saturated rings. The van der Waals surface area contributed by atoms with Gasteiger partial charge in [0.25, 0.3) is 0 Å². The predicted octanol–water partition coefficient (Wildman–Crippen LogP) is 4.97. The van der Waals surface area contributed by atoms with Gasteiger partial charge in [-0.2, -0.15) is 18.4 Å². The minimum atomic E-state index is -4.29. The van der Waals surface area contributed by atoms with Crippen LogP contribution in [0.4, 0.5) is 13.2 Å². The minimum Gasteiger partial charge on any atom is -0.441 e. The van der Waals surface area contributed by atoms with Gasteiger partial charge in [0.05, 0.1) is 29.3 Å². The van der Waals surface area contributed by atoms with Crippen LogP contribution in [-0.2, 0) is 13.5 Å². The summed E-state index contributed by atoms with van der Waals surface area (Å²) in [5, 5.41) is 9.26. The summed E-state index contributed by atoms with van der Waals surface area (Å²) >= 11 is 0. The number of rotatable bonds is 4. The molecule has 0 radical (unpaired) electrons. The summed E-state index contributed by atoms with van der Waals surface area (Å²) in [6.07, 6.45) is -4.27. The molecule has 0 unspecified atom stereocenters. The molecule has 152 valence electrons. The Kier molecular flexibility index (Phi) is 4.78. The second-order valence-corrected chi connectivity index (χ2v) is 6.86. The molecule has 0 spiro atoms. The van der Waals surface area contributed by atoms with Crippen molar-refractivity contribution in [3.8, 4) is 28.7 Å². The van der Waals surface area contributed by atoms with E-state index in [1.807, 2.05) is 42.8 Å². The van der Waals surface area contributed by atoms with Gasteiger partial charge in [0.2, 0.25) is 0 Å². The summed E-state index contributed by atoms with van der Waals surface area (Å²) in [7, 11) is 1.92. The van der Waals surface area contributed by atoms with Crippen LogP contribution >= 0.6 is 0 Å². The number of halogens is 3. The first-order chi connectivity index (χ1) is 14.2. The zero-order chi connectivity index (χ0) is 21.5. The maximum absolute atomic E-state index is 12.5. The van der Waals surface area contributed by atoms with Gasteiger partial charge in [0.15, 0.2) is 11.7 Å². The highest BCUT2D eigenvalue weighted by atomic mass is 19.4. The maximum atomic E-state index is 12.5. The third-order valence-corrected chi connectivity index (χ3v) is 4.83. The van der Waals surface area contributed by atoms with E-state index >= 15 is 0 Å². The third kappa shape index (κ3) is 3.76. The van der Waals surface area contributed by atoms with E-state index in [4.69, 9.17) is 4.42 Å². The predicted molar refractivity (Wildman–Crippen MR) is 103 cm³/mol. The Bertz CT molecular complexity index is 1280. The number of alkyl halides is 3. The second-order valence-electron chi connectivity index (χ2n) is 6.86. The summed E-state index contributed by atoms with van der Waals surface area (Å²) in [6.45, 7) is 1.90. The van der Waals surface area contributed by atoms with Gasteiger partial charge in [-0.3, -0.25) is 0 Å². The van der Waals surface area contributed by atoms with Gasteiger partial charge in [-0.15, -0.1) is 0 Å². The van der Waals surface area contributed by atoms with Crippen molar-refractivity contribution in [2.24, 2.45) is 7.05 Å². The van der Waals surface area contributed by atoms with Crippen LogP contribution < -0.4 is 0 Å². The lowest BCUT2D eigenvalue weighted by Crippen LogP contribution is -2.08. The van der Waals surface area contributed by atoms with E-state index in [1.54, 1.807) is 6.07 Å². The first-order valence-electron chi connectivity index (χ1n) is 9.11. The molecule has 0 saturated heterocycles. The van der Waals surface area contributed by atoms with Crippen molar-refractivity contribution in [1.82, 2.24) is 19.5 Å². The van der Waals surface area contributed by atoms with Gasteiger partial charge in [0.1, 0.15) is 17.6 Å². The molecule has 0 aliphatic carbocycles. The third-order valence-electron chi connectivity index (χ3n) is 4.83. The van der Waals surface area contributed by atoms with Crippen molar-refractivity contribution < 1.29 is 17.6 Å². The van der Waals surface area contributed by atoms with Gasteiger partial charge in [-0.1, -0.05) is 6.07 Å². The summed E-state index contributed by atoms with van der Waals surface area (Å²) in [6, 6.07) is 10.8. The van der Waals surface area contributed by atoms with Crippen LogP contribution in [0.15, 0.2) is 40.9 Å². The largest absolute Gasteiger partial charge is 0.441 e. The van der Waals surface area contributed by atoms with Gasteiger partial charge in [0, 0.05) is 24.6 Å². The molecule has 0 aliphatic rings. The second kappa shape index (κ2) is 7.30. The lowest BCUT2D eigenvalue weighted by molar-refractivity contribution is -0.134. The molecule has 3 aromatic heterocycles. The minimum absolute atomic E-state index is 0.00608. The van der Waals surface area contributed by atoms with Crippen molar-refractivity contribution in [2.45, 2.75) is 25.9 Å². The number of aromatic nitrogens is 4. The number of pyridine rings is 1. The van der Waals surface area contributed by atoms with Crippen molar-refractivity contribution in [3.63, 3.8) is 0 Å². The molecule has 4 aromatic rings.